The van der Waals surface area contributed by atoms with E-state index in [4.69, 9.17) is 0 Å². The van der Waals surface area contributed by atoms with Gasteiger partial charge in [-0.1, -0.05) is 27.7 Å². The Kier molecular flexibility index (Phi) is 3.77. The fourth-order valence-electron chi connectivity index (χ4n) is 1.86. The second-order valence-electron chi connectivity index (χ2n) is 5.56. The topological polar surface area (TPSA) is 3.24 Å². The van der Waals surface area contributed by atoms with Crippen LogP contribution in [0.5, 0.6) is 0 Å². The van der Waals surface area contributed by atoms with Crippen LogP contribution in [0, 0.1) is 5.41 Å². The van der Waals surface area contributed by atoms with Crippen molar-refractivity contribution in [3.05, 3.63) is 0 Å². The van der Waals surface area contributed by atoms with Gasteiger partial charge in [-0.2, -0.15) is 0 Å². The summed E-state index contributed by atoms with van der Waals surface area (Å²) in [4.78, 5) is 2.41. The van der Waals surface area contributed by atoms with Crippen molar-refractivity contribution in [2.24, 2.45) is 5.41 Å². The Morgan fingerprint density at radius 3 is 1.67 bits per heavy atom. The van der Waals surface area contributed by atoms with E-state index in [1.54, 1.807) is 0 Å². The molecule has 0 bridgehead atoms. The molecule has 0 spiro atoms. The Hall–Kier alpha value is -0.0400. The van der Waals surface area contributed by atoms with Crippen molar-refractivity contribution in [3.8, 4) is 0 Å². The first-order valence-corrected chi connectivity index (χ1v) is 4.90. The summed E-state index contributed by atoms with van der Waals surface area (Å²) in [7, 11) is 2.20. The average Bonchev–Trinajstić information content (AvgIpc) is 1.80. The molecule has 0 saturated carbocycles. The Labute approximate surface area is 78.1 Å². The van der Waals surface area contributed by atoms with E-state index in [0.29, 0.717) is 11.0 Å². The molecule has 0 radical (unpaired) electrons. The molecule has 12 heavy (non-hydrogen) atoms. The normalized spacial score (nSPS) is 14.0. The van der Waals surface area contributed by atoms with E-state index in [9.17, 15) is 0 Å². The molecule has 0 aromatic carbocycles. The standard InChI is InChI=1S/C11H25N/c1-8-12(7)11(5,6)9-10(2,3)4/h8-9H2,1-7H3. The summed E-state index contributed by atoms with van der Waals surface area (Å²) < 4.78 is 0. The van der Waals surface area contributed by atoms with Crippen molar-refractivity contribution in [1.82, 2.24) is 4.90 Å². The van der Waals surface area contributed by atoms with Crippen LogP contribution in [0.2, 0.25) is 0 Å². The number of hydrogen-bond donors (Lipinski definition) is 0. The quantitative estimate of drug-likeness (QED) is 0.630. The van der Waals surface area contributed by atoms with Gasteiger partial charge in [0.15, 0.2) is 0 Å². The Morgan fingerprint density at radius 1 is 1.00 bits per heavy atom. The first-order valence-electron chi connectivity index (χ1n) is 4.90. The molecule has 0 aromatic rings. The van der Waals surface area contributed by atoms with Crippen molar-refractivity contribution in [2.45, 2.75) is 53.5 Å². The Bertz CT molecular complexity index is 130. The lowest BCUT2D eigenvalue weighted by Crippen LogP contribution is -2.43. The van der Waals surface area contributed by atoms with Crippen LogP contribution in [-0.2, 0) is 0 Å². The van der Waals surface area contributed by atoms with Crippen LogP contribution in [0.25, 0.3) is 0 Å². The molecule has 0 saturated heterocycles. The predicted molar refractivity (Wildman–Crippen MR) is 56.5 cm³/mol. The highest BCUT2D eigenvalue weighted by atomic mass is 15.2. The van der Waals surface area contributed by atoms with Crippen LogP contribution in [0.4, 0.5) is 0 Å². The third-order valence-electron chi connectivity index (χ3n) is 2.47. The van der Waals surface area contributed by atoms with Crippen molar-refractivity contribution >= 4 is 0 Å². The Morgan fingerprint density at radius 2 is 1.42 bits per heavy atom. The number of rotatable bonds is 3. The van der Waals surface area contributed by atoms with Crippen molar-refractivity contribution < 1.29 is 0 Å². The van der Waals surface area contributed by atoms with Gasteiger partial charge in [-0.25, -0.2) is 0 Å². The van der Waals surface area contributed by atoms with E-state index >= 15 is 0 Å². The monoisotopic (exact) mass is 171 g/mol. The van der Waals surface area contributed by atoms with Gasteiger partial charge in [0.25, 0.3) is 0 Å². The third-order valence-corrected chi connectivity index (χ3v) is 2.47. The molecule has 0 aliphatic rings. The Balaban J connectivity index is 4.22. The second-order valence-corrected chi connectivity index (χ2v) is 5.56. The lowest BCUT2D eigenvalue weighted by Gasteiger charge is -2.39. The smallest absolute Gasteiger partial charge is 0.0155 e. The van der Waals surface area contributed by atoms with Gasteiger partial charge in [0.2, 0.25) is 0 Å². The zero-order valence-electron chi connectivity index (χ0n) is 9.86. The summed E-state index contributed by atoms with van der Waals surface area (Å²) >= 11 is 0. The fraction of sp³-hybridized carbons (Fsp3) is 1.00. The molecular formula is C11H25N. The molecule has 0 aliphatic carbocycles. The molecule has 0 fully saturated rings. The minimum absolute atomic E-state index is 0.326. The first kappa shape index (κ1) is 12.0. The molecule has 1 heteroatoms. The average molecular weight is 171 g/mol. The molecule has 0 atom stereocenters. The van der Waals surface area contributed by atoms with Crippen LogP contribution >= 0.6 is 0 Å². The molecule has 0 N–H and O–H groups in total. The van der Waals surface area contributed by atoms with Crippen LogP contribution in [0.15, 0.2) is 0 Å². The summed E-state index contributed by atoms with van der Waals surface area (Å²) in [5.74, 6) is 0. The van der Waals surface area contributed by atoms with Crippen LogP contribution in [-0.4, -0.2) is 24.0 Å². The number of hydrogen-bond acceptors (Lipinski definition) is 1. The fourth-order valence-corrected chi connectivity index (χ4v) is 1.86. The van der Waals surface area contributed by atoms with Gasteiger partial charge in [-0.3, -0.25) is 0 Å². The minimum atomic E-state index is 0.326. The van der Waals surface area contributed by atoms with Gasteiger partial charge in [0.05, 0.1) is 0 Å². The maximum Gasteiger partial charge on any atom is 0.0155 e. The van der Waals surface area contributed by atoms with Gasteiger partial charge >= 0.3 is 0 Å². The van der Waals surface area contributed by atoms with Crippen molar-refractivity contribution in [3.63, 3.8) is 0 Å². The third kappa shape index (κ3) is 4.10. The largest absolute Gasteiger partial charge is 0.301 e. The summed E-state index contributed by atoms with van der Waals surface area (Å²) in [5.41, 5.74) is 0.750. The van der Waals surface area contributed by atoms with E-state index in [1.807, 2.05) is 0 Å². The van der Waals surface area contributed by atoms with Gasteiger partial charge in [0, 0.05) is 5.54 Å². The lowest BCUT2D eigenvalue weighted by atomic mass is 9.81. The zero-order chi connectivity index (χ0) is 9.99. The highest BCUT2D eigenvalue weighted by Crippen LogP contribution is 2.30. The maximum absolute atomic E-state index is 2.41. The molecule has 1 nitrogen and oxygen atoms in total. The highest BCUT2D eigenvalue weighted by Gasteiger charge is 2.27. The maximum atomic E-state index is 2.41. The highest BCUT2D eigenvalue weighted by molar-refractivity contribution is 4.83. The molecule has 0 heterocycles. The van der Waals surface area contributed by atoms with Gasteiger partial charge in [-0.15, -0.1) is 0 Å². The molecule has 74 valence electrons. The van der Waals surface area contributed by atoms with Gasteiger partial charge < -0.3 is 4.90 Å². The molecular weight excluding hydrogens is 146 g/mol. The van der Waals surface area contributed by atoms with E-state index in [-0.39, 0.29) is 0 Å². The number of nitrogens with zero attached hydrogens (tertiary/aromatic N) is 1. The molecule has 0 aliphatic heterocycles. The van der Waals surface area contributed by atoms with Crippen molar-refractivity contribution in [1.29, 1.82) is 0 Å². The molecule has 0 aromatic heterocycles. The molecule has 0 unspecified atom stereocenters. The second kappa shape index (κ2) is 3.78. The van der Waals surface area contributed by atoms with Crippen LogP contribution in [0.3, 0.4) is 0 Å². The van der Waals surface area contributed by atoms with Crippen LogP contribution < -0.4 is 0 Å². The predicted octanol–water partition coefficient (Wildman–Crippen LogP) is 3.15. The molecule has 0 amide bonds. The molecule has 0 rings (SSSR count). The summed E-state index contributed by atoms with van der Waals surface area (Å²) in [5, 5.41) is 0. The van der Waals surface area contributed by atoms with Crippen LogP contribution in [0.1, 0.15) is 48.0 Å². The van der Waals surface area contributed by atoms with Gasteiger partial charge in [0.1, 0.15) is 0 Å². The van der Waals surface area contributed by atoms with E-state index in [0.717, 1.165) is 6.54 Å². The lowest BCUT2D eigenvalue weighted by molar-refractivity contribution is 0.109. The first-order chi connectivity index (χ1) is 5.19. The van der Waals surface area contributed by atoms with E-state index in [1.165, 1.54) is 6.42 Å². The zero-order valence-corrected chi connectivity index (χ0v) is 9.86. The van der Waals surface area contributed by atoms with Crippen molar-refractivity contribution in [2.75, 3.05) is 13.6 Å². The SMILES string of the molecule is CCN(C)C(C)(C)CC(C)(C)C. The summed E-state index contributed by atoms with van der Waals surface area (Å²) in [6, 6.07) is 0. The van der Waals surface area contributed by atoms with E-state index < -0.39 is 0 Å². The summed E-state index contributed by atoms with van der Waals surface area (Å²) in [6.07, 6.45) is 1.24. The minimum Gasteiger partial charge on any atom is -0.301 e. The van der Waals surface area contributed by atoms with Gasteiger partial charge in [-0.05, 0) is 39.3 Å². The summed E-state index contributed by atoms with van der Waals surface area (Å²) in [6.45, 7) is 14.9. The van der Waals surface area contributed by atoms with E-state index in [2.05, 4.69) is 53.5 Å².